The molecular formula is C14H21BrN4O. The van der Waals surface area contributed by atoms with Crippen LogP contribution in [0.5, 0.6) is 0 Å². The van der Waals surface area contributed by atoms with Crippen LogP contribution in [0, 0.1) is 0 Å². The fourth-order valence-electron chi connectivity index (χ4n) is 2.53. The number of nitrogens with one attached hydrogen (secondary N) is 1. The molecule has 0 radical (unpaired) electrons. The quantitative estimate of drug-likeness (QED) is 0.651. The average Bonchev–Trinajstić information content (AvgIpc) is 2.64. The topological polar surface area (TPSA) is 72.9 Å². The van der Waals surface area contributed by atoms with Gasteiger partial charge in [0.2, 0.25) is 0 Å². The van der Waals surface area contributed by atoms with Crippen LogP contribution in [-0.4, -0.2) is 21.9 Å². The van der Waals surface area contributed by atoms with Gasteiger partial charge in [-0.3, -0.25) is 4.79 Å². The van der Waals surface area contributed by atoms with E-state index < -0.39 is 0 Å². The van der Waals surface area contributed by atoms with Gasteiger partial charge in [0.05, 0.1) is 18.4 Å². The van der Waals surface area contributed by atoms with Crippen molar-refractivity contribution in [2.24, 2.45) is 5.73 Å². The van der Waals surface area contributed by atoms with Crippen LogP contribution in [-0.2, 0) is 6.54 Å². The second kappa shape index (κ2) is 7.04. The van der Waals surface area contributed by atoms with Gasteiger partial charge in [-0.05, 0) is 28.8 Å². The molecule has 20 heavy (non-hydrogen) atoms. The lowest BCUT2D eigenvalue weighted by Crippen LogP contribution is -2.40. The first-order chi connectivity index (χ1) is 9.63. The lowest BCUT2D eigenvalue weighted by atomic mass is 10.0. The normalized spacial score (nSPS) is 23.1. The third-order valence-corrected chi connectivity index (χ3v) is 4.46. The molecular weight excluding hydrogens is 320 g/mol. The molecule has 2 atom stereocenters. The summed E-state index contributed by atoms with van der Waals surface area (Å²) in [5, 5.41) is 7.52. The fourth-order valence-corrected chi connectivity index (χ4v) is 2.95. The molecule has 1 saturated carbocycles. The average molecular weight is 341 g/mol. The second-order valence-electron chi connectivity index (χ2n) is 5.20. The fraction of sp³-hybridized carbons (Fsp3) is 0.571. The van der Waals surface area contributed by atoms with Gasteiger partial charge in [-0.25, -0.2) is 4.68 Å². The molecule has 0 aromatic carbocycles. The molecule has 1 aromatic heterocycles. The summed E-state index contributed by atoms with van der Waals surface area (Å²) in [6, 6.07) is 0.324. The van der Waals surface area contributed by atoms with Gasteiger partial charge >= 0.3 is 0 Å². The van der Waals surface area contributed by atoms with Gasteiger partial charge in [-0.1, -0.05) is 25.3 Å². The van der Waals surface area contributed by atoms with Crippen molar-refractivity contribution < 1.29 is 0 Å². The van der Waals surface area contributed by atoms with Crippen molar-refractivity contribution in [1.29, 1.82) is 0 Å². The summed E-state index contributed by atoms with van der Waals surface area (Å²) < 4.78 is 1.88. The van der Waals surface area contributed by atoms with Crippen LogP contribution < -0.4 is 16.6 Å². The number of rotatable bonds is 4. The lowest BCUT2D eigenvalue weighted by molar-refractivity contribution is 0.527. The van der Waals surface area contributed by atoms with Gasteiger partial charge in [0, 0.05) is 12.1 Å². The van der Waals surface area contributed by atoms with Gasteiger partial charge in [0.15, 0.2) is 0 Å². The maximum atomic E-state index is 12.1. The number of anilines is 1. The molecule has 0 aliphatic heterocycles. The molecule has 5 nitrogen and oxygen atoms in total. The van der Waals surface area contributed by atoms with E-state index in [0.29, 0.717) is 11.0 Å². The summed E-state index contributed by atoms with van der Waals surface area (Å²) in [5.74, 6) is 0. The summed E-state index contributed by atoms with van der Waals surface area (Å²) >= 11 is 3.36. The van der Waals surface area contributed by atoms with Crippen LogP contribution >= 0.6 is 15.9 Å². The Kier molecular flexibility index (Phi) is 5.37. The number of nitrogens with two attached hydrogens (primary N) is 1. The van der Waals surface area contributed by atoms with Crippen molar-refractivity contribution in [3.8, 4) is 0 Å². The minimum atomic E-state index is -0.155. The standard InChI is InChI=1S/C14H21BrN4O/c1-2-8-19-14(20)13(15)12(9-17-19)18-11-7-5-3-4-6-10(11)16/h2,9-11,18H,1,3-8,16H2. The van der Waals surface area contributed by atoms with Crippen molar-refractivity contribution in [3.63, 3.8) is 0 Å². The molecule has 1 aromatic rings. The summed E-state index contributed by atoms with van der Waals surface area (Å²) in [6.07, 6.45) is 8.96. The Morgan fingerprint density at radius 3 is 3.00 bits per heavy atom. The maximum absolute atomic E-state index is 12.1. The molecule has 0 bridgehead atoms. The molecule has 110 valence electrons. The van der Waals surface area contributed by atoms with E-state index in [-0.39, 0.29) is 17.6 Å². The lowest BCUT2D eigenvalue weighted by Gasteiger charge is -2.24. The van der Waals surface area contributed by atoms with Gasteiger partial charge in [-0.15, -0.1) is 6.58 Å². The molecule has 1 fully saturated rings. The minimum absolute atomic E-state index is 0.125. The Balaban J connectivity index is 2.18. The van der Waals surface area contributed by atoms with E-state index in [2.05, 4.69) is 32.9 Å². The molecule has 1 aliphatic rings. The van der Waals surface area contributed by atoms with E-state index >= 15 is 0 Å². The highest BCUT2D eigenvalue weighted by Crippen LogP contribution is 2.23. The molecule has 1 aliphatic carbocycles. The van der Waals surface area contributed by atoms with E-state index in [1.54, 1.807) is 12.3 Å². The highest BCUT2D eigenvalue weighted by molar-refractivity contribution is 9.10. The van der Waals surface area contributed by atoms with Gasteiger partial charge in [0.1, 0.15) is 4.47 Å². The van der Waals surface area contributed by atoms with Gasteiger partial charge < -0.3 is 11.1 Å². The second-order valence-corrected chi connectivity index (χ2v) is 5.99. The van der Waals surface area contributed by atoms with E-state index in [9.17, 15) is 4.79 Å². The largest absolute Gasteiger partial charge is 0.378 e. The van der Waals surface area contributed by atoms with Crippen molar-refractivity contribution in [2.45, 2.75) is 50.7 Å². The third kappa shape index (κ3) is 3.49. The van der Waals surface area contributed by atoms with Crippen molar-refractivity contribution >= 4 is 21.6 Å². The molecule has 3 N–H and O–H groups in total. The van der Waals surface area contributed by atoms with Crippen LogP contribution in [0.1, 0.15) is 32.1 Å². The summed E-state index contributed by atoms with van der Waals surface area (Å²) in [6.45, 7) is 4.02. The van der Waals surface area contributed by atoms with Crippen molar-refractivity contribution in [3.05, 3.63) is 33.7 Å². The van der Waals surface area contributed by atoms with Crippen molar-refractivity contribution in [2.75, 3.05) is 5.32 Å². The highest BCUT2D eigenvalue weighted by Gasteiger charge is 2.21. The zero-order valence-electron chi connectivity index (χ0n) is 11.5. The van der Waals surface area contributed by atoms with E-state index in [4.69, 9.17) is 5.73 Å². The number of halogens is 1. The monoisotopic (exact) mass is 340 g/mol. The number of allylic oxidation sites excluding steroid dienone is 1. The number of nitrogens with zero attached hydrogens (tertiary/aromatic N) is 2. The van der Waals surface area contributed by atoms with Crippen LogP contribution in [0.15, 0.2) is 28.1 Å². The zero-order chi connectivity index (χ0) is 14.5. The molecule has 0 spiro atoms. The Labute approximate surface area is 127 Å². The Morgan fingerprint density at radius 2 is 2.25 bits per heavy atom. The Hall–Kier alpha value is -1.14. The summed E-state index contributed by atoms with van der Waals surface area (Å²) in [7, 11) is 0. The molecule has 0 amide bonds. The van der Waals surface area contributed by atoms with Gasteiger partial charge in [0.25, 0.3) is 5.56 Å². The van der Waals surface area contributed by atoms with E-state index in [0.717, 1.165) is 18.5 Å². The smallest absolute Gasteiger partial charge is 0.283 e. The summed E-state index contributed by atoms with van der Waals surface area (Å²) in [4.78, 5) is 12.1. The van der Waals surface area contributed by atoms with E-state index in [1.165, 1.54) is 23.9 Å². The number of hydrogen-bond acceptors (Lipinski definition) is 4. The Bertz CT molecular complexity index is 528. The first-order valence-electron chi connectivity index (χ1n) is 7.02. The predicted octanol–water partition coefficient (Wildman–Crippen LogP) is 2.26. The molecule has 0 saturated heterocycles. The zero-order valence-corrected chi connectivity index (χ0v) is 13.1. The van der Waals surface area contributed by atoms with E-state index in [1.807, 2.05) is 0 Å². The minimum Gasteiger partial charge on any atom is -0.378 e. The molecule has 2 rings (SSSR count). The number of hydrogen-bond donors (Lipinski definition) is 2. The van der Waals surface area contributed by atoms with Crippen LogP contribution in [0.25, 0.3) is 0 Å². The third-order valence-electron chi connectivity index (χ3n) is 3.70. The van der Waals surface area contributed by atoms with Crippen LogP contribution in [0.2, 0.25) is 0 Å². The van der Waals surface area contributed by atoms with Gasteiger partial charge in [-0.2, -0.15) is 5.10 Å². The highest BCUT2D eigenvalue weighted by atomic mass is 79.9. The summed E-state index contributed by atoms with van der Waals surface area (Å²) in [5.41, 5.74) is 6.76. The van der Waals surface area contributed by atoms with Crippen LogP contribution in [0.4, 0.5) is 5.69 Å². The Morgan fingerprint density at radius 1 is 1.50 bits per heavy atom. The first kappa shape index (κ1) is 15.3. The predicted molar refractivity (Wildman–Crippen MR) is 84.9 cm³/mol. The van der Waals surface area contributed by atoms with Crippen molar-refractivity contribution in [1.82, 2.24) is 9.78 Å². The van der Waals surface area contributed by atoms with Crippen LogP contribution in [0.3, 0.4) is 0 Å². The SMILES string of the molecule is C=CCn1ncc(NC2CCCCCC2N)c(Br)c1=O. The molecule has 2 unspecified atom stereocenters. The maximum Gasteiger partial charge on any atom is 0.283 e. The first-order valence-corrected chi connectivity index (χ1v) is 7.81. The number of aromatic nitrogens is 2. The molecule has 1 heterocycles. The molecule has 6 heteroatoms.